The molecule has 2 rings (SSSR count). The summed E-state index contributed by atoms with van der Waals surface area (Å²) >= 11 is 0. The molecule has 0 unspecified atom stereocenters. The Morgan fingerprint density at radius 3 is 3.09 bits per heavy atom. The van der Waals surface area contributed by atoms with Crippen LogP contribution in [0, 0.1) is 0 Å². The number of aryl methyl sites for hydroxylation is 1. The average molecular weight is 158 g/mol. The number of alkyl halides is 2. The molecule has 0 saturated heterocycles. The maximum atomic E-state index is 13.0. The van der Waals surface area contributed by atoms with E-state index in [1.807, 2.05) is 0 Å². The molecule has 0 amide bonds. The van der Waals surface area contributed by atoms with Crippen LogP contribution >= 0.6 is 0 Å². The zero-order valence-electron chi connectivity index (χ0n) is 5.93. The van der Waals surface area contributed by atoms with Crippen LogP contribution in [0.1, 0.15) is 18.5 Å². The standard InChI is InChI=1S/C7H8F2N2/c8-7(9)3-1-5-11-6(7)2-4-10-11/h2,4H,1,3,5H2. The molecule has 60 valence electrons. The number of hydrogen-bond donors (Lipinski definition) is 0. The first-order valence-corrected chi connectivity index (χ1v) is 3.60. The second-order valence-electron chi connectivity index (χ2n) is 2.75. The van der Waals surface area contributed by atoms with Crippen molar-refractivity contribution in [1.82, 2.24) is 9.78 Å². The molecule has 0 atom stereocenters. The lowest BCUT2D eigenvalue weighted by atomic mass is 10.1. The number of aromatic nitrogens is 2. The summed E-state index contributed by atoms with van der Waals surface area (Å²) in [7, 11) is 0. The van der Waals surface area contributed by atoms with Crippen molar-refractivity contribution in [3.05, 3.63) is 18.0 Å². The maximum Gasteiger partial charge on any atom is 0.289 e. The van der Waals surface area contributed by atoms with Crippen molar-refractivity contribution in [2.75, 3.05) is 0 Å². The first-order chi connectivity index (χ1) is 5.20. The highest BCUT2D eigenvalue weighted by Crippen LogP contribution is 2.35. The largest absolute Gasteiger partial charge is 0.289 e. The van der Waals surface area contributed by atoms with Crippen LogP contribution in [0.5, 0.6) is 0 Å². The minimum absolute atomic E-state index is 0.0430. The molecule has 0 saturated carbocycles. The summed E-state index contributed by atoms with van der Waals surface area (Å²) in [6.45, 7) is 0.623. The monoisotopic (exact) mass is 158 g/mol. The molecule has 1 aliphatic rings. The van der Waals surface area contributed by atoms with E-state index in [1.165, 1.54) is 16.9 Å². The second kappa shape index (κ2) is 2.03. The van der Waals surface area contributed by atoms with E-state index < -0.39 is 5.92 Å². The first kappa shape index (κ1) is 6.76. The van der Waals surface area contributed by atoms with E-state index in [2.05, 4.69) is 5.10 Å². The van der Waals surface area contributed by atoms with Crippen LogP contribution in [0.3, 0.4) is 0 Å². The third-order valence-electron chi connectivity index (χ3n) is 1.95. The summed E-state index contributed by atoms with van der Waals surface area (Å²) in [6.07, 6.45) is 1.90. The highest BCUT2D eigenvalue weighted by molar-refractivity contribution is 5.10. The van der Waals surface area contributed by atoms with Crippen LogP contribution in [0.25, 0.3) is 0 Å². The van der Waals surface area contributed by atoms with E-state index in [4.69, 9.17) is 0 Å². The lowest BCUT2D eigenvalue weighted by molar-refractivity contribution is -0.0364. The van der Waals surface area contributed by atoms with E-state index >= 15 is 0 Å². The summed E-state index contributed by atoms with van der Waals surface area (Å²) in [5.41, 5.74) is 0.0590. The van der Waals surface area contributed by atoms with Crippen LogP contribution in [-0.4, -0.2) is 9.78 Å². The molecule has 0 N–H and O–H groups in total. The Kier molecular flexibility index (Phi) is 1.25. The Morgan fingerprint density at radius 1 is 1.55 bits per heavy atom. The lowest BCUT2D eigenvalue weighted by Crippen LogP contribution is -2.25. The van der Waals surface area contributed by atoms with Crippen molar-refractivity contribution in [2.45, 2.75) is 25.3 Å². The molecule has 2 heterocycles. The summed E-state index contributed by atoms with van der Waals surface area (Å²) in [6, 6.07) is 1.39. The smallest absolute Gasteiger partial charge is 0.263 e. The molecule has 1 aromatic rings. The maximum absolute atomic E-state index is 13.0. The molecular weight excluding hydrogens is 150 g/mol. The van der Waals surface area contributed by atoms with E-state index in [0.29, 0.717) is 13.0 Å². The number of nitrogens with zero attached hydrogens (tertiary/aromatic N) is 2. The van der Waals surface area contributed by atoms with Crippen LogP contribution in [-0.2, 0) is 12.5 Å². The lowest BCUT2D eigenvalue weighted by Gasteiger charge is -2.22. The molecule has 0 spiro atoms. The van der Waals surface area contributed by atoms with E-state index in [0.717, 1.165) is 0 Å². The third kappa shape index (κ3) is 0.931. The topological polar surface area (TPSA) is 17.8 Å². The minimum Gasteiger partial charge on any atom is -0.263 e. The summed E-state index contributed by atoms with van der Waals surface area (Å²) < 4.78 is 27.3. The van der Waals surface area contributed by atoms with Gasteiger partial charge in [0.2, 0.25) is 0 Å². The number of hydrogen-bond acceptors (Lipinski definition) is 1. The van der Waals surface area contributed by atoms with Gasteiger partial charge >= 0.3 is 0 Å². The van der Waals surface area contributed by atoms with Gasteiger partial charge in [-0.1, -0.05) is 0 Å². The Hall–Kier alpha value is -0.930. The van der Waals surface area contributed by atoms with Gasteiger partial charge in [-0.05, 0) is 12.5 Å². The van der Waals surface area contributed by atoms with Crippen molar-refractivity contribution >= 4 is 0 Å². The van der Waals surface area contributed by atoms with Gasteiger partial charge in [-0.2, -0.15) is 13.9 Å². The zero-order valence-corrected chi connectivity index (χ0v) is 5.93. The summed E-state index contributed by atoms with van der Waals surface area (Å²) in [5.74, 6) is -2.66. The molecule has 0 radical (unpaired) electrons. The van der Waals surface area contributed by atoms with E-state index in [9.17, 15) is 8.78 Å². The van der Waals surface area contributed by atoms with E-state index in [-0.39, 0.29) is 12.1 Å². The van der Waals surface area contributed by atoms with Crippen molar-refractivity contribution in [1.29, 1.82) is 0 Å². The Morgan fingerprint density at radius 2 is 2.36 bits per heavy atom. The normalized spacial score (nSPS) is 21.3. The molecule has 11 heavy (non-hydrogen) atoms. The number of rotatable bonds is 0. The highest BCUT2D eigenvalue weighted by Gasteiger charge is 2.37. The Balaban J connectivity index is 2.48. The molecule has 1 aliphatic heterocycles. The Bertz CT molecular complexity index is 267. The quantitative estimate of drug-likeness (QED) is 0.562. The summed E-state index contributed by atoms with van der Waals surface area (Å²) in [5, 5.41) is 3.79. The van der Waals surface area contributed by atoms with Gasteiger partial charge in [-0.3, -0.25) is 4.68 Å². The van der Waals surface area contributed by atoms with Gasteiger partial charge in [0.15, 0.2) is 0 Å². The number of fused-ring (bicyclic) bond motifs is 1. The fourth-order valence-electron chi connectivity index (χ4n) is 1.40. The average Bonchev–Trinajstić information content (AvgIpc) is 2.34. The van der Waals surface area contributed by atoms with Crippen molar-refractivity contribution in [3.8, 4) is 0 Å². The van der Waals surface area contributed by atoms with Crippen molar-refractivity contribution in [2.24, 2.45) is 0 Å². The van der Waals surface area contributed by atoms with Gasteiger partial charge in [-0.15, -0.1) is 0 Å². The summed E-state index contributed by atoms with van der Waals surface area (Å²) in [4.78, 5) is 0. The molecule has 0 fully saturated rings. The SMILES string of the molecule is FC1(F)CCCn2nccc21. The number of halogens is 2. The molecule has 2 nitrogen and oxygen atoms in total. The van der Waals surface area contributed by atoms with Gasteiger partial charge in [0.25, 0.3) is 5.92 Å². The van der Waals surface area contributed by atoms with Crippen LogP contribution in [0.4, 0.5) is 8.78 Å². The first-order valence-electron chi connectivity index (χ1n) is 3.60. The van der Waals surface area contributed by atoms with Gasteiger partial charge in [0, 0.05) is 19.2 Å². The van der Waals surface area contributed by atoms with Crippen LogP contribution < -0.4 is 0 Å². The predicted octanol–water partition coefficient (Wildman–Crippen LogP) is 1.77. The highest BCUT2D eigenvalue weighted by atomic mass is 19.3. The van der Waals surface area contributed by atoms with Crippen molar-refractivity contribution < 1.29 is 8.78 Å². The minimum atomic E-state index is -2.66. The molecular formula is C7H8F2N2. The molecule has 1 aromatic heterocycles. The molecule has 0 aliphatic carbocycles. The molecule has 4 heteroatoms. The zero-order chi connectivity index (χ0) is 7.90. The molecule has 0 aromatic carbocycles. The van der Waals surface area contributed by atoms with Crippen molar-refractivity contribution in [3.63, 3.8) is 0 Å². The van der Waals surface area contributed by atoms with Gasteiger partial charge in [0.1, 0.15) is 5.69 Å². The van der Waals surface area contributed by atoms with Gasteiger partial charge in [0.05, 0.1) is 0 Å². The predicted molar refractivity (Wildman–Crippen MR) is 35.4 cm³/mol. The van der Waals surface area contributed by atoms with E-state index in [1.54, 1.807) is 0 Å². The van der Waals surface area contributed by atoms with Gasteiger partial charge in [-0.25, -0.2) is 0 Å². The Labute approximate surface area is 62.8 Å². The molecule has 0 bridgehead atoms. The van der Waals surface area contributed by atoms with Crippen LogP contribution in [0.2, 0.25) is 0 Å². The fraction of sp³-hybridized carbons (Fsp3) is 0.571. The van der Waals surface area contributed by atoms with Crippen LogP contribution in [0.15, 0.2) is 12.3 Å². The van der Waals surface area contributed by atoms with Gasteiger partial charge < -0.3 is 0 Å². The second-order valence-corrected chi connectivity index (χ2v) is 2.75. The third-order valence-corrected chi connectivity index (χ3v) is 1.95. The fourth-order valence-corrected chi connectivity index (χ4v) is 1.40.